The van der Waals surface area contributed by atoms with Crippen LogP contribution in [-0.4, -0.2) is 20.2 Å². The van der Waals surface area contributed by atoms with Gasteiger partial charge in [-0.15, -0.1) is 0 Å². The molecule has 0 radical (unpaired) electrons. The third kappa shape index (κ3) is 3.64. The molecular formula is C18H21N3O. The Hall–Kier alpha value is -2.36. The third-order valence-corrected chi connectivity index (χ3v) is 3.92. The van der Waals surface area contributed by atoms with Crippen molar-refractivity contribution in [3.05, 3.63) is 48.5 Å². The van der Waals surface area contributed by atoms with E-state index in [-0.39, 0.29) is 0 Å². The van der Waals surface area contributed by atoms with E-state index >= 15 is 0 Å². The lowest BCUT2D eigenvalue weighted by atomic mass is 10.1. The minimum atomic E-state index is 0.820. The molecule has 1 aliphatic rings. The molecule has 0 atom stereocenters. The maximum absolute atomic E-state index is 5.13. The van der Waals surface area contributed by atoms with Gasteiger partial charge < -0.3 is 9.64 Å². The molecule has 2 aromatic rings. The summed E-state index contributed by atoms with van der Waals surface area (Å²) in [5.41, 5.74) is 2.97. The van der Waals surface area contributed by atoms with E-state index in [1.54, 1.807) is 7.11 Å². The van der Waals surface area contributed by atoms with Crippen molar-refractivity contribution < 1.29 is 4.74 Å². The van der Waals surface area contributed by atoms with Crippen LogP contribution in [0, 0.1) is 0 Å². The predicted octanol–water partition coefficient (Wildman–Crippen LogP) is 5.10. The highest BCUT2D eigenvalue weighted by Gasteiger charge is 2.10. The fourth-order valence-corrected chi connectivity index (χ4v) is 2.65. The van der Waals surface area contributed by atoms with Crippen molar-refractivity contribution in [1.82, 2.24) is 0 Å². The molecule has 0 N–H and O–H groups in total. The smallest absolute Gasteiger partial charge is 0.119 e. The Morgan fingerprint density at radius 1 is 0.773 bits per heavy atom. The topological polar surface area (TPSA) is 37.2 Å². The molecule has 1 aliphatic heterocycles. The maximum Gasteiger partial charge on any atom is 0.119 e. The normalized spacial score (nSPS) is 15.2. The average Bonchev–Trinajstić information content (AvgIpc) is 2.61. The van der Waals surface area contributed by atoms with Crippen molar-refractivity contribution in [2.75, 3.05) is 25.1 Å². The summed E-state index contributed by atoms with van der Waals surface area (Å²) in [7, 11) is 1.65. The lowest BCUT2D eigenvalue weighted by Crippen LogP contribution is -2.29. The monoisotopic (exact) mass is 295 g/mol. The largest absolute Gasteiger partial charge is 0.497 e. The Morgan fingerprint density at radius 3 is 1.86 bits per heavy atom. The van der Waals surface area contributed by atoms with E-state index in [0.29, 0.717) is 0 Å². The van der Waals surface area contributed by atoms with Crippen molar-refractivity contribution in [3.8, 4) is 5.75 Å². The molecule has 0 aromatic heterocycles. The standard InChI is InChI=1S/C18H21N3O/c1-22-18-11-7-16(8-12-18)20-19-15-5-9-17(10-6-15)21-13-3-2-4-14-21/h5-12H,2-4,13-14H2,1H3. The SMILES string of the molecule is COc1ccc(N=Nc2ccc(N3CCCCC3)cc2)cc1. The molecule has 0 spiro atoms. The first-order valence-corrected chi connectivity index (χ1v) is 7.76. The van der Waals surface area contributed by atoms with E-state index in [0.717, 1.165) is 30.2 Å². The Balaban J connectivity index is 1.65. The Bertz CT molecular complexity index is 614. The van der Waals surface area contributed by atoms with Gasteiger partial charge in [0.05, 0.1) is 18.5 Å². The molecular weight excluding hydrogens is 274 g/mol. The van der Waals surface area contributed by atoms with Crippen LogP contribution in [0.4, 0.5) is 17.1 Å². The van der Waals surface area contributed by atoms with Crippen LogP contribution in [0.5, 0.6) is 5.75 Å². The first kappa shape index (κ1) is 14.6. The van der Waals surface area contributed by atoms with Gasteiger partial charge >= 0.3 is 0 Å². The van der Waals surface area contributed by atoms with Gasteiger partial charge in [0.2, 0.25) is 0 Å². The highest BCUT2D eigenvalue weighted by molar-refractivity contribution is 5.53. The van der Waals surface area contributed by atoms with E-state index < -0.39 is 0 Å². The molecule has 4 heteroatoms. The summed E-state index contributed by atoms with van der Waals surface area (Å²) in [6.45, 7) is 2.32. The zero-order valence-corrected chi connectivity index (χ0v) is 12.9. The van der Waals surface area contributed by atoms with Crippen LogP contribution >= 0.6 is 0 Å². The van der Waals surface area contributed by atoms with E-state index in [4.69, 9.17) is 4.74 Å². The number of hydrogen-bond donors (Lipinski definition) is 0. The molecule has 1 fully saturated rings. The summed E-state index contributed by atoms with van der Waals surface area (Å²) < 4.78 is 5.13. The molecule has 1 heterocycles. The van der Waals surface area contributed by atoms with Gasteiger partial charge in [-0.2, -0.15) is 10.2 Å². The van der Waals surface area contributed by atoms with Crippen LogP contribution in [0.15, 0.2) is 58.8 Å². The molecule has 0 aliphatic carbocycles. The molecule has 0 bridgehead atoms. The summed E-state index contributed by atoms with van der Waals surface area (Å²) in [4.78, 5) is 2.44. The zero-order valence-electron chi connectivity index (χ0n) is 12.9. The second-order valence-corrected chi connectivity index (χ2v) is 5.46. The van der Waals surface area contributed by atoms with Gasteiger partial charge in [-0.25, -0.2) is 0 Å². The highest BCUT2D eigenvalue weighted by atomic mass is 16.5. The average molecular weight is 295 g/mol. The van der Waals surface area contributed by atoms with Gasteiger partial charge in [0.1, 0.15) is 5.75 Å². The lowest BCUT2D eigenvalue weighted by molar-refractivity contribution is 0.415. The zero-order chi connectivity index (χ0) is 15.2. The molecule has 2 aromatic carbocycles. The Morgan fingerprint density at radius 2 is 1.32 bits per heavy atom. The molecule has 0 saturated carbocycles. The summed E-state index contributed by atoms with van der Waals surface area (Å²) in [6.07, 6.45) is 3.93. The molecule has 22 heavy (non-hydrogen) atoms. The predicted molar refractivity (Wildman–Crippen MR) is 89.7 cm³/mol. The van der Waals surface area contributed by atoms with E-state index in [2.05, 4.69) is 27.3 Å². The van der Waals surface area contributed by atoms with Crippen LogP contribution in [0.25, 0.3) is 0 Å². The minimum Gasteiger partial charge on any atom is -0.497 e. The molecule has 3 rings (SSSR count). The molecule has 1 saturated heterocycles. The molecule has 0 unspecified atom stereocenters. The number of rotatable bonds is 4. The Labute approximate surface area is 131 Å². The van der Waals surface area contributed by atoms with E-state index in [1.807, 2.05) is 36.4 Å². The number of ether oxygens (including phenoxy) is 1. The first-order chi connectivity index (χ1) is 10.8. The fraction of sp³-hybridized carbons (Fsp3) is 0.333. The minimum absolute atomic E-state index is 0.820. The number of anilines is 1. The van der Waals surface area contributed by atoms with Crippen molar-refractivity contribution in [2.24, 2.45) is 10.2 Å². The summed E-state index contributed by atoms with van der Waals surface area (Å²) in [6, 6.07) is 15.9. The van der Waals surface area contributed by atoms with Crippen molar-refractivity contribution in [3.63, 3.8) is 0 Å². The summed E-state index contributed by atoms with van der Waals surface area (Å²) in [5.74, 6) is 0.824. The van der Waals surface area contributed by atoms with Crippen molar-refractivity contribution in [1.29, 1.82) is 0 Å². The third-order valence-electron chi connectivity index (χ3n) is 3.92. The molecule has 0 amide bonds. The van der Waals surface area contributed by atoms with Crippen LogP contribution < -0.4 is 9.64 Å². The van der Waals surface area contributed by atoms with Crippen LogP contribution in [0.1, 0.15) is 19.3 Å². The van der Waals surface area contributed by atoms with Gasteiger partial charge in [-0.05, 0) is 67.8 Å². The number of azo groups is 1. The van der Waals surface area contributed by atoms with Gasteiger partial charge in [0.15, 0.2) is 0 Å². The van der Waals surface area contributed by atoms with Gasteiger partial charge in [-0.3, -0.25) is 0 Å². The Kier molecular flexibility index (Phi) is 4.68. The quantitative estimate of drug-likeness (QED) is 0.736. The van der Waals surface area contributed by atoms with Crippen molar-refractivity contribution >= 4 is 17.1 Å². The van der Waals surface area contributed by atoms with Crippen LogP contribution in [-0.2, 0) is 0 Å². The number of benzene rings is 2. The first-order valence-electron chi connectivity index (χ1n) is 7.76. The maximum atomic E-state index is 5.13. The van der Waals surface area contributed by atoms with Gasteiger partial charge in [-0.1, -0.05) is 0 Å². The van der Waals surface area contributed by atoms with Crippen LogP contribution in [0.2, 0.25) is 0 Å². The fourth-order valence-electron chi connectivity index (χ4n) is 2.65. The molecule has 114 valence electrons. The van der Waals surface area contributed by atoms with E-state index in [1.165, 1.54) is 24.9 Å². The number of methoxy groups -OCH3 is 1. The van der Waals surface area contributed by atoms with Gasteiger partial charge in [0, 0.05) is 18.8 Å². The number of piperidine rings is 1. The summed E-state index contributed by atoms with van der Waals surface area (Å²) >= 11 is 0. The number of nitrogens with zero attached hydrogens (tertiary/aromatic N) is 3. The molecule has 4 nitrogen and oxygen atoms in total. The van der Waals surface area contributed by atoms with Gasteiger partial charge in [0.25, 0.3) is 0 Å². The second kappa shape index (κ2) is 7.07. The second-order valence-electron chi connectivity index (χ2n) is 5.46. The highest BCUT2D eigenvalue weighted by Crippen LogP contribution is 2.25. The number of hydrogen-bond acceptors (Lipinski definition) is 4. The van der Waals surface area contributed by atoms with Crippen molar-refractivity contribution in [2.45, 2.75) is 19.3 Å². The lowest BCUT2D eigenvalue weighted by Gasteiger charge is -2.28. The van der Waals surface area contributed by atoms with Crippen LogP contribution in [0.3, 0.4) is 0 Å². The van der Waals surface area contributed by atoms with E-state index in [9.17, 15) is 0 Å². The summed E-state index contributed by atoms with van der Waals surface area (Å²) in [5, 5.41) is 8.53.